The molecule has 3 heteroatoms. The lowest BCUT2D eigenvalue weighted by Gasteiger charge is -2.34. The lowest BCUT2D eigenvalue weighted by molar-refractivity contribution is -0.123. The summed E-state index contributed by atoms with van der Waals surface area (Å²) in [5, 5.41) is 6.49. The van der Waals surface area contributed by atoms with E-state index in [2.05, 4.69) is 17.6 Å². The van der Waals surface area contributed by atoms with E-state index >= 15 is 0 Å². The molecule has 0 unspecified atom stereocenters. The number of rotatable bonds is 4. The molecule has 0 radical (unpaired) electrons. The van der Waals surface area contributed by atoms with Crippen LogP contribution in [-0.4, -0.2) is 25.5 Å². The van der Waals surface area contributed by atoms with Crippen LogP contribution in [0.1, 0.15) is 45.4 Å². The van der Waals surface area contributed by atoms with Gasteiger partial charge in [-0.25, -0.2) is 0 Å². The molecule has 0 aromatic rings. The van der Waals surface area contributed by atoms with Crippen LogP contribution < -0.4 is 10.6 Å². The number of piperidine rings is 1. The second-order valence-corrected chi connectivity index (χ2v) is 5.84. The van der Waals surface area contributed by atoms with Crippen molar-refractivity contribution in [2.75, 3.05) is 19.6 Å². The van der Waals surface area contributed by atoms with Gasteiger partial charge in [-0.2, -0.15) is 0 Å². The van der Waals surface area contributed by atoms with Crippen LogP contribution in [0.25, 0.3) is 0 Å². The van der Waals surface area contributed by atoms with Crippen molar-refractivity contribution in [1.82, 2.24) is 10.6 Å². The summed E-state index contributed by atoms with van der Waals surface area (Å²) >= 11 is 0. The zero-order valence-electron chi connectivity index (χ0n) is 10.3. The van der Waals surface area contributed by atoms with Gasteiger partial charge in [-0.1, -0.05) is 13.3 Å². The summed E-state index contributed by atoms with van der Waals surface area (Å²) < 4.78 is 0. The second kappa shape index (κ2) is 5.17. The molecule has 2 rings (SSSR count). The second-order valence-electron chi connectivity index (χ2n) is 5.84. The predicted octanol–water partition coefficient (Wildman–Crippen LogP) is 1.68. The summed E-state index contributed by atoms with van der Waals surface area (Å²) in [6, 6.07) is 0. The molecule has 1 amide bonds. The van der Waals surface area contributed by atoms with E-state index in [1.165, 1.54) is 32.1 Å². The Hall–Kier alpha value is -0.570. The van der Waals surface area contributed by atoms with Gasteiger partial charge in [0.05, 0.1) is 0 Å². The highest BCUT2D eigenvalue weighted by molar-refractivity contribution is 5.76. The Kier molecular flexibility index (Phi) is 3.85. The molecule has 92 valence electrons. The molecule has 1 saturated carbocycles. The summed E-state index contributed by atoms with van der Waals surface area (Å²) in [6.45, 7) is 5.34. The molecular formula is C13H24N2O. The fourth-order valence-corrected chi connectivity index (χ4v) is 2.55. The van der Waals surface area contributed by atoms with Crippen LogP contribution in [-0.2, 0) is 4.79 Å². The molecule has 2 N–H and O–H groups in total. The molecule has 2 aliphatic rings. The van der Waals surface area contributed by atoms with Crippen LogP contribution >= 0.6 is 0 Å². The molecule has 0 aromatic heterocycles. The van der Waals surface area contributed by atoms with Gasteiger partial charge in [-0.05, 0) is 50.1 Å². The van der Waals surface area contributed by atoms with Crippen LogP contribution in [0.3, 0.4) is 0 Å². The van der Waals surface area contributed by atoms with Crippen molar-refractivity contribution in [3.05, 3.63) is 0 Å². The minimum absolute atomic E-state index is 0.268. The number of carbonyl (C=O) groups excluding carboxylic acids is 1. The number of carbonyl (C=O) groups is 1. The highest BCUT2D eigenvalue weighted by atomic mass is 16.1. The summed E-state index contributed by atoms with van der Waals surface area (Å²) in [7, 11) is 0. The first-order valence-corrected chi connectivity index (χ1v) is 6.65. The zero-order chi connectivity index (χ0) is 11.4. The summed E-state index contributed by atoms with van der Waals surface area (Å²) in [5.41, 5.74) is 0.320. The van der Waals surface area contributed by atoms with Gasteiger partial charge in [0.25, 0.3) is 0 Å². The standard InChI is InChI=1S/C13H24N2O/c1-13(5-7-14-8-6-13)10-15-12(16)9-11-3-2-4-11/h11,14H,2-10H2,1H3,(H,15,16). The SMILES string of the molecule is CC1(CNC(=O)CC2CCC2)CCNCC1. The first-order chi connectivity index (χ1) is 7.68. The molecule has 0 aromatic carbocycles. The Morgan fingerprint density at radius 2 is 2.06 bits per heavy atom. The fourth-order valence-electron chi connectivity index (χ4n) is 2.55. The van der Waals surface area contributed by atoms with E-state index < -0.39 is 0 Å². The van der Waals surface area contributed by atoms with E-state index in [1.54, 1.807) is 0 Å². The number of hydrogen-bond donors (Lipinski definition) is 2. The Balaban J connectivity index is 1.66. The molecule has 0 bridgehead atoms. The summed E-state index contributed by atoms with van der Waals surface area (Å²) in [4.78, 5) is 11.7. The quantitative estimate of drug-likeness (QED) is 0.763. The third-order valence-corrected chi connectivity index (χ3v) is 4.22. The Morgan fingerprint density at radius 3 is 2.62 bits per heavy atom. The van der Waals surface area contributed by atoms with Crippen molar-refractivity contribution in [3.8, 4) is 0 Å². The number of hydrogen-bond acceptors (Lipinski definition) is 2. The maximum absolute atomic E-state index is 11.7. The maximum Gasteiger partial charge on any atom is 0.220 e. The van der Waals surface area contributed by atoms with Crippen molar-refractivity contribution in [2.45, 2.75) is 45.4 Å². The smallest absolute Gasteiger partial charge is 0.220 e. The van der Waals surface area contributed by atoms with Crippen molar-refractivity contribution in [3.63, 3.8) is 0 Å². The molecule has 3 nitrogen and oxygen atoms in total. The van der Waals surface area contributed by atoms with Crippen LogP contribution in [0.2, 0.25) is 0 Å². The molecule has 1 aliphatic carbocycles. The zero-order valence-corrected chi connectivity index (χ0v) is 10.3. The lowest BCUT2D eigenvalue weighted by atomic mass is 9.80. The largest absolute Gasteiger partial charge is 0.356 e. The Morgan fingerprint density at radius 1 is 1.38 bits per heavy atom. The molecule has 2 fully saturated rings. The topological polar surface area (TPSA) is 41.1 Å². The van der Waals surface area contributed by atoms with Gasteiger partial charge < -0.3 is 10.6 Å². The van der Waals surface area contributed by atoms with Crippen LogP contribution in [0.15, 0.2) is 0 Å². The first kappa shape index (κ1) is 11.9. The molecule has 1 heterocycles. The highest BCUT2D eigenvalue weighted by Crippen LogP contribution is 2.30. The highest BCUT2D eigenvalue weighted by Gasteiger charge is 2.27. The van der Waals surface area contributed by atoms with E-state index in [1.807, 2.05) is 0 Å². The molecular weight excluding hydrogens is 200 g/mol. The minimum atomic E-state index is 0.268. The van der Waals surface area contributed by atoms with E-state index in [9.17, 15) is 4.79 Å². The van der Waals surface area contributed by atoms with Gasteiger partial charge in [0.1, 0.15) is 0 Å². The number of amides is 1. The van der Waals surface area contributed by atoms with Gasteiger partial charge >= 0.3 is 0 Å². The third kappa shape index (κ3) is 3.21. The fraction of sp³-hybridized carbons (Fsp3) is 0.923. The van der Waals surface area contributed by atoms with Crippen LogP contribution in [0.4, 0.5) is 0 Å². The summed E-state index contributed by atoms with van der Waals surface area (Å²) in [5.74, 6) is 0.949. The number of nitrogens with one attached hydrogen (secondary N) is 2. The van der Waals surface area contributed by atoms with E-state index in [0.717, 1.165) is 26.1 Å². The first-order valence-electron chi connectivity index (χ1n) is 6.65. The molecule has 1 aliphatic heterocycles. The van der Waals surface area contributed by atoms with Crippen molar-refractivity contribution < 1.29 is 4.79 Å². The van der Waals surface area contributed by atoms with E-state index in [-0.39, 0.29) is 5.91 Å². The normalized spacial score (nSPS) is 24.8. The van der Waals surface area contributed by atoms with E-state index in [0.29, 0.717) is 11.3 Å². The third-order valence-electron chi connectivity index (χ3n) is 4.22. The van der Waals surface area contributed by atoms with Gasteiger partial charge in [0.15, 0.2) is 0 Å². The molecule has 16 heavy (non-hydrogen) atoms. The summed E-state index contributed by atoms with van der Waals surface area (Å²) in [6.07, 6.45) is 6.95. The Bertz CT molecular complexity index is 242. The molecule has 0 atom stereocenters. The van der Waals surface area contributed by atoms with Gasteiger partial charge in [-0.15, -0.1) is 0 Å². The lowest BCUT2D eigenvalue weighted by Crippen LogP contribution is -2.43. The maximum atomic E-state index is 11.7. The minimum Gasteiger partial charge on any atom is -0.356 e. The van der Waals surface area contributed by atoms with Gasteiger partial charge in [0, 0.05) is 13.0 Å². The average molecular weight is 224 g/mol. The van der Waals surface area contributed by atoms with Crippen LogP contribution in [0, 0.1) is 11.3 Å². The van der Waals surface area contributed by atoms with Crippen molar-refractivity contribution in [2.24, 2.45) is 11.3 Å². The Labute approximate surface area is 98.4 Å². The van der Waals surface area contributed by atoms with Crippen molar-refractivity contribution >= 4 is 5.91 Å². The van der Waals surface area contributed by atoms with Crippen molar-refractivity contribution in [1.29, 1.82) is 0 Å². The van der Waals surface area contributed by atoms with Gasteiger partial charge in [0.2, 0.25) is 5.91 Å². The molecule has 0 spiro atoms. The van der Waals surface area contributed by atoms with Gasteiger partial charge in [-0.3, -0.25) is 4.79 Å². The van der Waals surface area contributed by atoms with E-state index in [4.69, 9.17) is 0 Å². The molecule has 1 saturated heterocycles. The monoisotopic (exact) mass is 224 g/mol. The average Bonchev–Trinajstić information content (AvgIpc) is 2.22. The van der Waals surface area contributed by atoms with Crippen LogP contribution in [0.5, 0.6) is 0 Å². The predicted molar refractivity (Wildman–Crippen MR) is 65.2 cm³/mol.